The summed E-state index contributed by atoms with van der Waals surface area (Å²) < 4.78 is 7.69. The van der Waals surface area contributed by atoms with Crippen LogP contribution in [-0.4, -0.2) is 17.4 Å². The van der Waals surface area contributed by atoms with E-state index < -0.39 is 0 Å². The number of nitriles is 1. The molecule has 2 fully saturated rings. The molecule has 3 aliphatic rings. The highest BCUT2D eigenvalue weighted by molar-refractivity contribution is 9.11. The van der Waals surface area contributed by atoms with Gasteiger partial charge in [0.1, 0.15) is 0 Å². The molecule has 2 aliphatic carbocycles. The molecule has 3 nitrogen and oxygen atoms in total. The second-order valence-corrected chi connectivity index (χ2v) is 7.54. The molecule has 112 valence electrons. The molecule has 0 amide bonds. The molecule has 1 saturated carbocycles. The van der Waals surface area contributed by atoms with Gasteiger partial charge in [0.05, 0.1) is 17.4 Å². The first kappa shape index (κ1) is 15.0. The minimum absolute atomic E-state index is 0.0578. The summed E-state index contributed by atoms with van der Waals surface area (Å²) in [5.41, 5.74) is 1.94. The Morgan fingerprint density at radius 1 is 1.57 bits per heavy atom. The van der Waals surface area contributed by atoms with Gasteiger partial charge in [-0.25, -0.2) is 0 Å². The van der Waals surface area contributed by atoms with Crippen LogP contribution in [0.5, 0.6) is 0 Å². The maximum atomic E-state index is 9.05. The lowest BCUT2D eigenvalue weighted by Gasteiger charge is -2.44. The Morgan fingerprint density at radius 2 is 2.38 bits per heavy atom. The van der Waals surface area contributed by atoms with Gasteiger partial charge in [0.25, 0.3) is 0 Å². The average Bonchev–Trinajstić information content (AvgIpc) is 2.80. The fraction of sp³-hybridized carbons (Fsp3) is 0.647. The van der Waals surface area contributed by atoms with E-state index in [0.717, 1.165) is 41.5 Å². The van der Waals surface area contributed by atoms with Crippen molar-refractivity contribution in [2.45, 2.75) is 57.7 Å². The predicted molar refractivity (Wildman–Crippen MR) is 87.2 cm³/mol. The van der Waals surface area contributed by atoms with Gasteiger partial charge in [-0.1, -0.05) is 35.9 Å². The monoisotopic (exact) mass is 348 g/mol. The number of hydrogen-bond acceptors (Lipinski definition) is 3. The summed E-state index contributed by atoms with van der Waals surface area (Å²) in [5, 5.41) is 9.05. The van der Waals surface area contributed by atoms with E-state index in [4.69, 9.17) is 10.00 Å². The summed E-state index contributed by atoms with van der Waals surface area (Å²) >= 11 is 3.59. The molecule has 21 heavy (non-hydrogen) atoms. The second-order valence-electron chi connectivity index (χ2n) is 6.63. The molecule has 0 aromatic carbocycles. The molecule has 3 rings (SSSR count). The first-order valence-electron chi connectivity index (χ1n) is 7.79. The number of fused-ring (bicyclic) bond motifs is 1. The Bertz CT molecular complexity index is 572. The Kier molecular flexibility index (Phi) is 4.07. The van der Waals surface area contributed by atoms with Gasteiger partial charge in [0.15, 0.2) is 0 Å². The second kappa shape index (κ2) is 5.70. The molecule has 1 aliphatic heterocycles. The fourth-order valence-corrected chi connectivity index (χ4v) is 4.62. The molecule has 0 aromatic heterocycles. The van der Waals surface area contributed by atoms with Gasteiger partial charge in [-0.15, -0.1) is 0 Å². The number of aliphatic imine (C=N–C) groups is 1. The normalized spacial score (nSPS) is 40.7. The first-order valence-corrected chi connectivity index (χ1v) is 8.59. The zero-order valence-corrected chi connectivity index (χ0v) is 14.2. The molecule has 0 radical (unpaired) electrons. The summed E-state index contributed by atoms with van der Waals surface area (Å²) in [6, 6.07) is 0. The maximum absolute atomic E-state index is 9.05. The third-order valence-electron chi connectivity index (χ3n) is 5.03. The Morgan fingerprint density at radius 3 is 3.00 bits per heavy atom. The minimum Gasteiger partial charge on any atom is -0.366 e. The largest absolute Gasteiger partial charge is 0.366 e. The zero-order valence-electron chi connectivity index (χ0n) is 12.6. The van der Waals surface area contributed by atoms with Crippen LogP contribution in [0.25, 0.3) is 0 Å². The van der Waals surface area contributed by atoms with Crippen molar-refractivity contribution >= 4 is 21.6 Å². The SMILES string of the molecule is CCC1C=C(Br)C=C2C(=NC#N)CC3(CCC(C)C3)OC21. The van der Waals surface area contributed by atoms with Crippen molar-refractivity contribution < 1.29 is 4.74 Å². The molecule has 1 spiro atoms. The summed E-state index contributed by atoms with van der Waals surface area (Å²) in [6.45, 7) is 4.48. The van der Waals surface area contributed by atoms with Crippen molar-refractivity contribution in [3.8, 4) is 6.19 Å². The molecule has 4 heteroatoms. The van der Waals surface area contributed by atoms with E-state index in [1.54, 1.807) is 0 Å². The molecule has 0 bridgehead atoms. The van der Waals surface area contributed by atoms with Crippen LogP contribution in [0.3, 0.4) is 0 Å². The van der Waals surface area contributed by atoms with Crippen LogP contribution in [0, 0.1) is 23.3 Å². The highest BCUT2D eigenvalue weighted by Gasteiger charge is 2.48. The van der Waals surface area contributed by atoms with Crippen LogP contribution < -0.4 is 0 Å². The number of halogens is 1. The maximum Gasteiger partial charge on any atom is 0.205 e. The van der Waals surface area contributed by atoms with Crippen molar-refractivity contribution in [1.29, 1.82) is 5.26 Å². The van der Waals surface area contributed by atoms with Gasteiger partial charge in [-0.05, 0) is 37.7 Å². The van der Waals surface area contributed by atoms with E-state index in [1.807, 2.05) is 6.19 Å². The standard InChI is InChI=1S/C17H21BrN2O/c1-3-12-6-13(18)7-14-15(20-10-19)9-17(21-16(12)14)5-4-11(2)8-17/h6-7,11-12,16H,3-5,8-9H2,1-2H3. The van der Waals surface area contributed by atoms with Crippen LogP contribution in [0.2, 0.25) is 0 Å². The zero-order chi connectivity index (χ0) is 15.0. The quantitative estimate of drug-likeness (QED) is 0.654. The topological polar surface area (TPSA) is 45.4 Å². The van der Waals surface area contributed by atoms with Crippen molar-refractivity contribution in [3.05, 3.63) is 22.2 Å². The summed E-state index contributed by atoms with van der Waals surface area (Å²) in [6.07, 6.45) is 11.6. The van der Waals surface area contributed by atoms with Crippen molar-refractivity contribution in [1.82, 2.24) is 0 Å². The molecule has 0 aromatic rings. The number of nitrogens with zero attached hydrogens (tertiary/aromatic N) is 2. The fourth-order valence-electron chi connectivity index (χ4n) is 4.03. The molecule has 0 N–H and O–H groups in total. The Balaban J connectivity index is 1.99. The molecule has 4 atom stereocenters. The van der Waals surface area contributed by atoms with Gasteiger partial charge in [0, 0.05) is 22.4 Å². The van der Waals surface area contributed by atoms with E-state index in [-0.39, 0.29) is 11.7 Å². The van der Waals surface area contributed by atoms with Gasteiger partial charge < -0.3 is 4.74 Å². The minimum atomic E-state index is -0.0951. The summed E-state index contributed by atoms with van der Waals surface area (Å²) in [7, 11) is 0. The van der Waals surface area contributed by atoms with E-state index >= 15 is 0 Å². The molecule has 1 heterocycles. The van der Waals surface area contributed by atoms with Gasteiger partial charge in [0.2, 0.25) is 6.19 Å². The molecule has 1 saturated heterocycles. The lowest BCUT2D eigenvalue weighted by atomic mass is 9.78. The first-order chi connectivity index (χ1) is 10.1. The number of allylic oxidation sites excluding steroid dienone is 2. The van der Waals surface area contributed by atoms with Gasteiger partial charge in [-0.2, -0.15) is 10.3 Å². The lowest BCUT2D eigenvalue weighted by Crippen LogP contribution is -2.47. The molecular formula is C17H21BrN2O. The Labute approximate surface area is 134 Å². The van der Waals surface area contributed by atoms with Crippen molar-refractivity contribution in [2.24, 2.45) is 16.8 Å². The van der Waals surface area contributed by atoms with Crippen LogP contribution in [0.1, 0.15) is 46.0 Å². The number of hydrogen-bond donors (Lipinski definition) is 0. The van der Waals surface area contributed by atoms with E-state index in [9.17, 15) is 0 Å². The van der Waals surface area contributed by atoms with Gasteiger partial charge in [-0.3, -0.25) is 0 Å². The summed E-state index contributed by atoms with van der Waals surface area (Å²) in [5.74, 6) is 1.06. The smallest absolute Gasteiger partial charge is 0.205 e. The van der Waals surface area contributed by atoms with E-state index in [2.05, 4.69) is 46.9 Å². The van der Waals surface area contributed by atoms with Crippen LogP contribution in [0.4, 0.5) is 0 Å². The average molecular weight is 349 g/mol. The third kappa shape index (κ3) is 2.74. The highest BCUT2D eigenvalue weighted by atomic mass is 79.9. The van der Waals surface area contributed by atoms with Crippen LogP contribution >= 0.6 is 15.9 Å². The van der Waals surface area contributed by atoms with E-state index in [0.29, 0.717) is 11.8 Å². The van der Waals surface area contributed by atoms with Crippen LogP contribution in [-0.2, 0) is 4.74 Å². The molecule has 4 unspecified atom stereocenters. The van der Waals surface area contributed by atoms with E-state index in [1.165, 1.54) is 6.42 Å². The van der Waals surface area contributed by atoms with Crippen molar-refractivity contribution in [3.63, 3.8) is 0 Å². The van der Waals surface area contributed by atoms with Crippen LogP contribution in [0.15, 0.2) is 27.2 Å². The molecular weight excluding hydrogens is 328 g/mol. The summed E-state index contributed by atoms with van der Waals surface area (Å²) in [4.78, 5) is 4.14. The predicted octanol–water partition coefficient (Wildman–Crippen LogP) is 4.50. The van der Waals surface area contributed by atoms with Gasteiger partial charge >= 0.3 is 0 Å². The lowest BCUT2D eigenvalue weighted by molar-refractivity contribution is -0.0944. The number of ether oxygens (including phenoxy) is 1. The Hall–Kier alpha value is -0.920. The third-order valence-corrected chi connectivity index (χ3v) is 5.52. The van der Waals surface area contributed by atoms with Crippen molar-refractivity contribution in [2.75, 3.05) is 0 Å². The number of rotatable bonds is 1. The highest BCUT2D eigenvalue weighted by Crippen LogP contribution is 2.48.